The van der Waals surface area contributed by atoms with Crippen molar-refractivity contribution in [1.82, 2.24) is 9.97 Å². The van der Waals surface area contributed by atoms with Crippen molar-refractivity contribution < 1.29 is 4.39 Å². The third-order valence-corrected chi connectivity index (χ3v) is 2.42. The van der Waals surface area contributed by atoms with E-state index in [-0.39, 0.29) is 0 Å². The summed E-state index contributed by atoms with van der Waals surface area (Å²) in [5, 5.41) is 1.08. The third-order valence-electron chi connectivity index (χ3n) is 1.86. The molecule has 0 aliphatic rings. The predicted molar refractivity (Wildman–Crippen MR) is 57.4 cm³/mol. The highest BCUT2D eigenvalue weighted by molar-refractivity contribution is 6.35. The number of hydrogen-bond donors (Lipinski definition) is 0. The number of rotatable bonds is 1. The van der Waals surface area contributed by atoms with Gasteiger partial charge < -0.3 is 0 Å². The van der Waals surface area contributed by atoms with Crippen molar-refractivity contribution in [2.75, 3.05) is 0 Å². The lowest BCUT2D eigenvalue weighted by molar-refractivity contribution is 0.539. The summed E-state index contributed by atoms with van der Waals surface area (Å²) < 4.78 is 12.5. The molecule has 0 saturated carbocycles. The monoisotopic (exact) mass is 242 g/mol. The van der Waals surface area contributed by atoms with Gasteiger partial charge in [0.2, 0.25) is 0 Å². The van der Waals surface area contributed by atoms with Crippen LogP contribution in [-0.4, -0.2) is 9.97 Å². The highest BCUT2D eigenvalue weighted by atomic mass is 35.5. The van der Waals surface area contributed by atoms with Crippen molar-refractivity contribution in [3.8, 4) is 11.1 Å². The molecule has 0 atom stereocenters. The van der Waals surface area contributed by atoms with E-state index in [1.807, 2.05) is 0 Å². The Morgan fingerprint density at radius 2 is 1.73 bits per heavy atom. The first-order valence-electron chi connectivity index (χ1n) is 4.10. The number of halogens is 3. The quantitative estimate of drug-likeness (QED) is 0.715. The van der Waals surface area contributed by atoms with Gasteiger partial charge in [-0.2, -0.15) is 4.39 Å². The lowest BCUT2D eigenvalue weighted by Crippen LogP contribution is -1.89. The van der Waals surface area contributed by atoms with Gasteiger partial charge in [-0.05, 0) is 18.2 Å². The van der Waals surface area contributed by atoms with E-state index < -0.39 is 6.08 Å². The Kier molecular flexibility index (Phi) is 2.84. The maximum Gasteiger partial charge on any atom is 0.308 e. The van der Waals surface area contributed by atoms with Gasteiger partial charge in [0, 0.05) is 33.6 Å². The molecule has 2 rings (SSSR count). The Hall–Kier alpha value is -1.19. The van der Waals surface area contributed by atoms with E-state index in [1.54, 1.807) is 18.2 Å². The Morgan fingerprint density at radius 1 is 1.07 bits per heavy atom. The minimum atomic E-state index is -0.767. The predicted octanol–water partition coefficient (Wildman–Crippen LogP) is 3.59. The molecule has 1 aromatic carbocycles. The van der Waals surface area contributed by atoms with Crippen LogP contribution in [0, 0.1) is 6.08 Å². The van der Waals surface area contributed by atoms with Crippen LogP contribution >= 0.6 is 23.2 Å². The number of nitrogens with zero attached hydrogens (tertiary/aromatic N) is 2. The number of benzene rings is 1. The van der Waals surface area contributed by atoms with Crippen molar-refractivity contribution in [2.45, 2.75) is 0 Å². The second-order valence-electron chi connectivity index (χ2n) is 2.86. The van der Waals surface area contributed by atoms with Gasteiger partial charge in [0.05, 0.1) is 0 Å². The van der Waals surface area contributed by atoms with Crippen molar-refractivity contribution in [3.05, 3.63) is 46.7 Å². The second-order valence-corrected chi connectivity index (χ2v) is 3.71. The smallest absolute Gasteiger partial charge is 0.210 e. The molecule has 0 fully saturated rings. The van der Waals surface area contributed by atoms with Gasteiger partial charge in [-0.1, -0.05) is 23.2 Å². The molecule has 76 valence electrons. The van der Waals surface area contributed by atoms with Gasteiger partial charge in [0.25, 0.3) is 0 Å². The molecule has 0 aliphatic heterocycles. The first kappa shape index (κ1) is 10.3. The average Bonchev–Trinajstić information content (AvgIpc) is 2.23. The highest BCUT2D eigenvalue weighted by Gasteiger charge is 2.05. The molecule has 0 spiro atoms. The Balaban J connectivity index is 2.53. The summed E-state index contributed by atoms with van der Waals surface area (Å²) >= 11 is 11.8. The summed E-state index contributed by atoms with van der Waals surface area (Å²) in [4.78, 5) is 6.89. The molecular weight excluding hydrogens is 238 g/mol. The van der Waals surface area contributed by atoms with E-state index in [0.29, 0.717) is 21.2 Å². The van der Waals surface area contributed by atoms with Crippen LogP contribution in [0.3, 0.4) is 0 Å². The van der Waals surface area contributed by atoms with Crippen molar-refractivity contribution >= 4 is 23.2 Å². The van der Waals surface area contributed by atoms with E-state index >= 15 is 0 Å². The van der Waals surface area contributed by atoms with E-state index in [0.717, 1.165) is 0 Å². The fraction of sp³-hybridized carbons (Fsp3) is 0. The summed E-state index contributed by atoms with van der Waals surface area (Å²) in [7, 11) is 0. The van der Waals surface area contributed by atoms with Gasteiger partial charge >= 0.3 is 6.08 Å². The molecular formula is C10H5Cl2FN2. The Labute approximate surface area is 95.7 Å². The topological polar surface area (TPSA) is 25.8 Å². The minimum absolute atomic E-state index is 0.523. The fourth-order valence-electron chi connectivity index (χ4n) is 1.17. The molecule has 1 aromatic heterocycles. The van der Waals surface area contributed by atoms with E-state index in [9.17, 15) is 4.39 Å². The molecule has 0 unspecified atom stereocenters. The van der Waals surface area contributed by atoms with Crippen LogP contribution < -0.4 is 0 Å². The van der Waals surface area contributed by atoms with Gasteiger partial charge in [-0.3, -0.25) is 0 Å². The summed E-state index contributed by atoms with van der Waals surface area (Å²) in [6.07, 6.45) is 1.96. The average molecular weight is 243 g/mol. The Morgan fingerprint density at radius 3 is 2.40 bits per heavy atom. The van der Waals surface area contributed by atoms with Crippen molar-refractivity contribution in [3.63, 3.8) is 0 Å². The number of aromatic nitrogens is 2. The van der Waals surface area contributed by atoms with Gasteiger partial charge in [0.15, 0.2) is 0 Å². The maximum atomic E-state index is 12.5. The molecule has 0 aliphatic carbocycles. The largest absolute Gasteiger partial charge is 0.308 e. The van der Waals surface area contributed by atoms with Gasteiger partial charge in [0.1, 0.15) is 0 Å². The van der Waals surface area contributed by atoms with E-state index in [4.69, 9.17) is 23.2 Å². The molecule has 2 nitrogen and oxygen atoms in total. The van der Waals surface area contributed by atoms with Crippen LogP contribution in [0.15, 0.2) is 30.6 Å². The third kappa shape index (κ3) is 2.25. The molecule has 5 heteroatoms. The lowest BCUT2D eigenvalue weighted by atomic mass is 10.1. The fourth-order valence-corrected chi connectivity index (χ4v) is 1.57. The van der Waals surface area contributed by atoms with Gasteiger partial charge in [-0.15, -0.1) is 0 Å². The van der Waals surface area contributed by atoms with Crippen molar-refractivity contribution in [2.24, 2.45) is 0 Å². The zero-order chi connectivity index (χ0) is 10.8. The van der Waals surface area contributed by atoms with Crippen LogP contribution in [0.2, 0.25) is 10.0 Å². The first-order chi connectivity index (χ1) is 7.16. The molecule has 2 aromatic rings. The van der Waals surface area contributed by atoms with Crippen LogP contribution in [0.5, 0.6) is 0 Å². The summed E-state index contributed by atoms with van der Waals surface area (Å²) in [5.74, 6) is 0. The summed E-state index contributed by atoms with van der Waals surface area (Å²) in [6.45, 7) is 0. The molecule has 1 heterocycles. The van der Waals surface area contributed by atoms with Crippen molar-refractivity contribution in [1.29, 1.82) is 0 Å². The normalized spacial score (nSPS) is 10.3. The standard InChI is InChI=1S/C10H5Cl2FN2/c11-7-1-2-9(12)8(3-7)6-4-14-10(13)15-5-6/h1-5H. The second kappa shape index (κ2) is 4.13. The first-order valence-corrected chi connectivity index (χ1v) is 4.85. The van der Waals surface area contributed by atoms with E-state index in [1.165, 1.54) is 12.4 Å². The molecule has 0 N–H and O–H groups in total. The Bertz CT molecular complexity index is 485. The zero-order valence-electron chi connectivity index (χ0n) is 7.42. The minimum Gasteiger partial charge on any atom is -0.210 e. The number of hydrogen-bond acceptors (Lipinski definition) is 2. The molecule has 0 amide bonds. The SMILES string of the molecule is Fc1ncc(-c2cc(Cl)ccc2Cl)cn1. The molecule has 0 bridgehead atoms. The molecule has 0 saturated heterocycles. The van der Waals surface area contributed by atoms with Crippen LogP contribution in [0.1, 0.15) is 0 Å². The molecule has 0 radical (unpaired) electrons. The highest BCUT2D eigenvalue weighted by Crippen LogP contribution is 2.29. The summed E-state index contributed by atoms with van der Waals surface area (Å²) in [5.41, 5.74) is 1.31. The zero-order valence-corrected chi connectivity index (χ0v) is 8.93. The molecule has 15 heavy (non-hydrogen) atoms. The van der Waals surface area contributed by atoms with Gasteiger partial charge in [-0.25, -0.2) is 9.97 Å². The van der Waals surface area contributed by atoms with E-state index in [2.05, 4.69) is 9.97 Å². The van der Waals surface area contributed by atoms with Crippen LogP contribution in [-0.2, 0) is 0 Å². The van der Waals surface area contributed by atoms with Crippen LogP contribution in [0.25, 0.3) is 11.1 Å². The maximum absolute atomic E-state index is 12.5. The van der Waals surface area contributed by atoms with Crippen LogP contribution in [0.4, 0.5) is 4.39 Å². The lowest BCUT2D eigenvalue weighted by Gasteiger charge is -2.03. The summed E-state index contributed by atoms with van der Waals surface area (Å²) in [6, 6.07) is 5.03.